The van der Waals surface area contributed by atoms with Gasteiger partial charge in [-0.15, -0.1) is 0 Å². The van der Waals surface area contributed by atoms with Crippen molar-refractivity contribution in [3.05, 3.63) is 29.8 Å². The molecule has 5 nitrogen and oxygen atoms in total. The molecule has 128 valence electrons. The van der Waals surface area contributed by atoms with E-state index in [9.17, 15) is 9.90 Å². The topological polar surface area (TPSA) is 61.8 Å². The van der Waals surface area contributed by atoms with Crippen LogP contribution in [0.1, 0.15) is 31.7 Å². The first-order chi connectivity index (χ1) is 11.2. The van der Waals surface area contributed by atoms with Crippen LogP contribution in [-0.2, 0) is 11.2 Å². The van der Waals surface area contributed by atoms with Crippen molar-refractivity contribution in [1.29, 1.82) is 0 Å². The van der Waals surface area contributed by atoms with Crippen LogP contribution in [-0.4, -0.2) is 54.8 Å². The Morgan fingerprint density at radius 2 is 2.09 bits per heavy atom. The third-order valence-electron chi connectivity index (χ3n) is 4.24. The summed E-state index contributed by atoms with van der Waals surface area (Å²) in [4.78, 5) is 14.2. The van der Waals surface area contributed by atoms with E-state index in [0.717, 1.165) is 56.6 Å². The average molecular weight is 320 g/mol. The van der Waals surface area contributed by atoms with Crippen molar-refractivity contribution < 1.29 is 14.6 Å². The molecule has 0 aromatic heterocycles. The van der Waals surface area contributed by atoms with Gasteiger partial charge in [0, 0.05) is 19.6 Å². The molecule has 1 aliphatic rings. The average Bonchev–Trinajstić information content (AvgIpc) is 2.58. The Balaban J connectivity index is 1.58. The van der Waals surface area contributed by atoms with Crippen LogP contribution in [0.4, 0.5) is 0 Å². The van der Waals surface area contributed by atoms with Crippen molar-refractivity contribution in [3.8, 4) is 5.75 Å². The number of aryl methyl sites for hydroxylation is 1. The molecule has 23 heavy (non-hydrogen) atoms. The number of likely N-dealkylation sites (tertiary alicyclic amines) is 1. The molecule has 0 bridgehead atoms. The SMILES string of the molecule is CCc1ccccc1OCC(=O)NCCCN1CCC(O)CC1. The molecular weight excluding hydrogens is 292 g/mol. The van der Waals surface area contributed by atoms with Crippen molar-refractivity contribution in [2.75, 3.05) is 32.8 Å². The Morgan fingerprint density at radius 3 is 2.83 bits per heavy atom. The van der Waals surface area contributed by atoms with Crippen LogP contribution in [0.15, 0.2) is 24.3 Å². The first kappa shape index (κ1) is 17.8. The number of ether oxygens (including phenoxy) is 1. The fraction of sp³-hybridized carbons (Fsp3) is 0.611. The van der Waals surface area contributed by atoms with Crippen molar-refractivity contribution >= 4 is 5.91 Å². The highest BCUT2D eigenvalue weighted by atomic mass is 16.5. The number of rotatable bonds is 8. The molecule has 0 atom stereocenters. The van der Waals surface area contributed by atoms with E-state index in [4.69, 9.17) is 4.74 Å². The molecule has 0 saturated carbocycles. The Kier molecular flexibility index (Phi) is 7.36. The van der Waals surface area contributed by atoms with E-state index in [1.165, 1.54) is 0 Å². The number of hydrogen-bond acceptors (Lipinski definition) is 4. The quantitative estimate of drug-likeness (QED) is 0.714. The van der Waals surface area contributed by atoms with Crippen molar-refractivity contribution in [2.24, 2.45) is 0 Å². The second-order valence-corrected chi connectivity index (χ2v) is 6.03. The van der Waals surface area contributed by atoms with E-state index in [2.05, 4.69) is 17.1 Å². The van der Waals surface area contributed by atoms with Gasteiger partial charge in [0.2, 0.25) is 0 Å². The third-order valence-corrected chi connectivity index (χ3v) is 4.24. The van der Waals surface area contributed by atoms with Gasteiger partial charge in [-0.25, -0.2) is 0 Å². The van der Waals surface area contributed by atoms with E-state index in [1.807, 2.05) is 24.3 Å². The van der Waals surface area contributed by atoms with E-state index in [1.54, 1.807) is 0 Å². The molecule has 1 heterocycles. The number of carbonyl (C=O) groups excluding carboxylic acids is 1. The van der Waals surface area contributed by atoms with E-state index in [0.29, 0.717) is 6.54 Å². The highest BCUT2D eigenvalue weighted by Gasteiger charge is 2.16. The molecule has 0 radical (unpaired) electrons. The molecule has 5 heteroatoms. The van der Waals surface area contributed by atoms with Gasteiger partial charge in [0.15, 0.2) is 6.61 Å². The Bertz CT molecular complexity index is 485. The lowest BCUT2D eigenvalue weighted by molar-refractivity contribution is -0.123. The number of aliphatic hydroxyl groups excluding tert-OH is 1. The molecule has 2 N–H and O–H groups in total. The first-order valence-corrected chi connectivity index (χ1v) is 8.57. The standard InChI is InChI=1S/C18H28N2O3/c1-2-15-6-3-4-7-17(15)23-14-18(22)19-10-5-11-20-12-8-16(21)9-13-20/h3-4,6-7,16,21H,2,5,8-14H2,1H3,(H,19,22). The number of piperidine rings is 1. The summed E-state index contributed by atoms with van der Waals surface area (Å²) in [6.07, 6.45) is 3.40. The molecule has 1 fully saturated rings. The Morgan fingerprint density at radius 1 is 1.35 bits per heavy atom. The highest BCUT2D eigenvalue weighted by molar-refractivity contribution is 5.77. The fourth-order valence-corrected chi connectivity index (χ4v) is 2.80. The summed E-state index contributed by atoms with van der Waals surface area (Å²) in [5.41, 5.74) is 1.12. The normalized spacial score (nSPS) is 16.3. The first-order valence-electron chi connectivity index (χ1n) is 8.57. The minimum Gasteiger partial charge on any atom is -0.483 e. The lowest BCUT2D eigenvalue weighted by Gasteiger charge is -2.29. The van der Waals surface area contributed by atoms with E-state index < -0.39 is 0 Å². The number of amides is 1. The summed E-state index contributed by atoms with van der Waals surface area (Å²) in [6, 6.07) is 7.81. The molecule has 1 saturated heterocycles. The maximum Gasteiger partial charge on any atom is 0.257 e. The van der Waals surface area contributed by atoms with Crippen molar-refractivity contribution in [3.63, 3.8) is 0 Å². The minimum atomic E-state index is -0.130. The summed E-state index contributed by atoms with van der Waals surface area (Å²) >= 11 is 0. The van der Waals surface area contributed by atoms with Crippen molar-refractivity contribution in [2.45, 2.75) is 38.7 Å². The lowest BCUT2D eigenvalue weighted by Crippen LogP contribution is -2.38. The molecule has 0 unspecified atom stereocenters. The molecule has 0 spiro atoms. The van der Waals surface area contributed by atoms with Gasteiger partial charge in [0.1, 0.15) is 5.75 Å². The summed E-state index contributed by atoms with van der Waals surface area (Å²) in [7, 11) is 0. The number of benzene rings is 1. The molecular formula is C18H28N2O3. The zero-order valence-corrected chi connectivity index (χ0v) is 14.0. The van der Waals surface area contributed by atoms with Gasteiger partial charge in [0.25, 0.3) is 5.91 Å². The number of hydrogen-bond donors (Lipinski definition) is 2. The number of carbonyl (C=O) groups is 1. The highest BCUT2D eigenvalue weighted by Crippen LogP contribution is 2.17. The predicted octanol–water partition coefficient (Wildman–Crippen LogP) is 1.59. The van der Waals surface area contributed by atoms with Crippen molar-refractivity contribution in [1.82, 2.24) is 10.2 Å². The predicted molar refractivity (Wildman–Crippen MR) is 90.6 cm³/mol. The maximum atomic E-state index is 11.8. The molecule has 0 aliphatic carbocycles. The van der Waals surface area contributed by atoms with E-state index in [-0.39, 0.29) is 18.6 Å². The van der Waals surface area contributed by atoms with Crippen LogP contribution in [0.3, 0.4) is 0 Å². The number of para-hydroxylation sites is 1. The largest absolute Gasteiger partial charge is 0.483 e. The van der Waals surface area contributed by atoms with Gasteiger partial charge in [-0.1, -0.05) is 25.1 Å². The summed E-state index contributed by atoms with van der Waals surface area (Å²) in [5, 5.41) is 12.4. The Hall–Kier alpha value is -1.59. The zero-order valence-electron chi connectivity index (χ0n) is 14.0. The van der Waals surface area contributed by atoms with Crippen LogP contribution >= 0.6 is 0 Å². The zero-order chi connectivity index (χ0) is 16.5. The molecule has 1 aromatic rings. The minimum absolute atomic E-state index is 0.0624. The van der Waals surface area contributed by atoms with Crippen LogP contribution < -0.4 is 10.1 Å². The number of aliphatic hydroxyl groups is 1. The smallest absolute Gasteiger partial charge is 0.257 e. The van der Waals surface area contributed by atoms with Gasteiger partial charge >= 0.3 is 0 Å². The molecule has 1 amide bonds. The van der Waals surface area contributed by atoms with Crippen LogP contribution in [0.25, 0.3) is 0 Å². The monoisotopic (exact) mass is 320 g/mol. The van der Waals surface area contributed by atoms with Gasteiger partial charge < -0.3 is 20.1 Å². The molecule has 1 aromatic carbocycles. The number of nitrogens with zero attached hydrogens (tertiary/aromatic N) is 1. The molecule has 2 rings (SSSR count). The lowest BCUT2D eigenvalue weighted by atomic mass is 10.1. The van der Waals surface area contributed by atoms with E-state index >= 15 is 0 Å². The third kappa shape index (κ3) is 6.20. The van der Waals surface area contributed by atoms with Crippen LogP contribution in [0.2, 0.25) is 0 Å². The van der Waals surface area contributed by atoms with Gasteiger partial charge in [0.05, 0.1) is 6.10 Å². The van der Waals surface area contributed by atoms with Gasteiger partial charge in [-0.3, -0.25) is 4.79 Å². The molecule has 1 aliphatic heterocycles. The summed E-state index contributed by atoms with van der Waals surface area (Å²) in [6.45, 7) is 5.66. The second kappa shape index (κ2) is 9.53. The fourth-order valence-electron chi connectivity index (χ4n) is 2.80. The summed E-state index contributed by atoms with van der Waals surface area (Å²) in [5.74, 6) is 0.710. The second-order valence-electron chi connectivity index (χ2n) is 6.03. The Labute approximate surface area is 138 Å². The van der Waals surface area contributed by atoms with Crippen LogP contribution in [0, 0.1) is 0 Å². The summed E-state index contributed by atoms with van der Waals surface area (Å²) < 4.78 is 5.60. The van der Waals surface area contributed by atoms with Gasteiger partial charge in [-0.05, 0) is 43.9 Å². The number of nitrogens with one attached hydrogen (secondary N) is 1. The van der Waals surface area contributed by atoms with Crippen LogP contribution in [0.5, 0.6) is 5.75 Å². The maximum absolute atomic E-state index is 11.8. The van der Waals surface area contributed by atoms with Gasteiger partial charge in [-0.2, -0.15) is 0 Å².